The lowest BCUT2D eigenvalue weighted by Gasteiger charge is -2.14. The van der Waals surface area contributed by atoms with Crippen molar-refractivity contribution in [3.63, 3.8) is 0 Å². The van der Waals surface area contributed by atoms with Crippen molar-refractivity contribution in [2.24, 2.45) is 11.7 Å². The van der Waals surface area contributed by atoms with E-state index in [1.54, 1.807) is 0 Å². The molecule has 0 bridgehead atoms. The lowest BCUT2D eigenvalue weighted by Crippen LogP contribution is -2.09. The molecule has 0 aliphatic rings. The van der Waals surface area contributed by atoms with Crippen LogP contribution < -0.4 is 10.5 Å². The molecule has 1 aromatic rings. The molecule has 16 heavy (non-hydrogen) atoms. The van der Waals surface area contributed by atoms with Crippen LogP contribution in [0.2, 0.25) is 0 Å². The first-order chi connectivity index (χ1) is 7.54. The molecule has 1 aromatic carbocycles. The Bertz CT molecular complexity index is 334. The zero-order chi connectivity index (χ0) is 12.1. The lowest BCUT2D eigenvalue weighted by atomic mass is 10.1. The van der Waals surface area contributed by atoms with Gasteiger partial charge in [-0.1, -0.05) is 32.4 Å². The Labute approximate surface area is 98.8 Å². The van der Waals surface area contributed by atoms with Crippen molar-refractivity contribution in [2.45, 2.75) is 40.2 Å². The summed E-state index contributed by atoms with van der Waals surface area (Å²) in [7, 11) is 0. The molecule has 1 unspecified atom stereocenters. The second-order valence-corrected chi connectivity index (χ2v) is 4.64. The Balaban J connectivity index is 2.68. The molecular weight excluding hydrogens is 198 g/mol. The minimum absolute atomic E-state index is 0.0855. The van der Waals surface area contributed by atoms with E-state index >= 15 is 0 Å². The molecular formula is C14H23NO. The summed E-state index contributed by atoms with van der Waals surface area (Å²) in [5, 5.41) is 0. The van der Waals surface area contributed by atoms with E-state index < -0.39 is 0 Å². The molecule has 0 aliphatic heterocycles. The van der Waals surface area contributed by atoms with Gasteiger partial charge in [0, 0.05) is 6.04 Å². The molecule has 2 nitrogen and oxygen atoms in total. The van der Waals surface area contributed by atoms with Gasteiger partial charge in [-0.05, 0) is 37.0 Å². The molecule has 2 atom stereocenters. The summed E-state index contributed by atoms with van der Waals surface area (Å²) in [6.45, 7) is 9.23. The minimum Gasteiger partial charge on any atom is -0.493 e. The van der Waals surface area contributed by atoms with E-state index in [0.717, 1.165) is 29.9 Å². The van der Waals surface area contributed by atoms with Crippen molar-refractivity contribution in [3.05, 3.63) is 29.3 Å². The molecule has 0 spiro atoms. The fraction of sp³-hybridized carbons (Fsp3) is 0.571. The highest BCUT2D eigenvalue weighted by molar-refractivity contribution is 5.37. The van der Waals surface area contributed by atoms with E-state index in [2.05, 4.69) is 26.8 Å². The van der Waals surface area contributed by atoms with Gasteiger partial charge in [0.05, 0.1) is 6.61 Å². The van der Waals surface area contributed by atoms with Gasteiger partial charge in [0.2, 0.25) is 0 Å². The van der Waals surface area contributed by atoms with Gasteiger partial charge < -0.3 is 10.5 Å². The molecule has 0 fully saturated rings. The second-order valence-electron chi connectivity index (χ2n) is 4.64. The van der Waals surface area contributed by atoms with Crippen molar-refractivity contribution in [1.29, 1.82) is 0 Å². The Morgan fingerprint density at radius 3 is 2.50 bits per heavy atom. The first-order valence-electron chi connectivity index (χ1n) is 6.03. The number of hydrogen-bond acceptors (Lipinski definition) is 2. The van der Waals surface area contributed by atoms with Crippen molar-refractivity contribution in [2.75, 3.05) is 6.61 Å². The van der Waals surface area contributed by atoms with E-state index in [0.29, 0.717) is 5.92 Å². The fourth-order valence-electron chi connectivity index (χ4n) is 1.47. The van der Waals surface area contributed by atoms with Crippen molar-refractivity contribution in [1.82, 2.24) is 0 Å². The number of aryl methyl sites for hydroxylation is 1. The molecule has 0 amide bonds. The summed E-state index contributed by atoms with van der Waals surface area (Å²) >= 11 is 0. The summed E-state index contributed by atoms with van der Waals surface area (Å²) in [6.07, 6.45) is 1.15. The van der Waals surface area contributed by atoms with Crippen LogP contribution in [0.1, 0.15) is 44.4 Å². The summed E-state index contributed by atoms with van der Waals surface area (Å²) in [6, 6.07) is 6.26. The van der Waals surface area contributed by atoms with Gasteiger partial charge in [-0.25, -0.2) is 0 Å². The molecule has 0 heterocycles. The van der Waals surface area contributed by atoms with Crippen LogP contribution in [0.15, 0.2) is 18.2 Å². The monoisotopic (exact) mass is 221 g/mol. The van der Waals surface area contributed by atoms with Crippen molar-refractivity contribution < 1.29 is 4.74 Å². The van der Waals surface area contributed by atoms with Crippen molar-refractivity contribution >= 4 is 0 Å². The molecule has 1 rings (SSSR count). The molecule has 0 aliphatic carbocycles. The zero-order valence-electron chi connectivity index (χ0n) is 10.8. The number of benzene rings is 1. The van der Waals surface area contributed by atoms with E-state index in [1.807, 2.05) is 19.1 Å². The Morgan fingerprint density at radius 1 is 1.31 bits per heavy atom. The maximum Gasteiger partial charge on any atom is 0.122 e. The third-order valence-electron chi connectivity index (χ3n) is 2.95. The van der Waals surface area contributed by atoms with E-state index in [9.17, 15) is 0 Å². The average Bonchev–Trinajstić information content (AvgIpc) is 2.26. The van der Waals surface area contributed by atoms with E-state index in [4.69, 9.17) is 10.5 Å². The molecule has 90 valence electrons. The first kappa shape index (κ1) is 13.0. The number of hydrogen-bond donors (Lipinski definition) is 1. The third kappa shape index (κ3) is 3.53. The number of ether oxygens (including phenoxy) is 1. The van der Waals surface area contributed by atoms with Gasteiger partial charge in [-0.15, -0.1) is 0 Å². The van der Waals surface area contributed by atoms with E-state index in [-0.39, 0.29) is 6.04 Å². The van der Waals surface area contributed by atoms with Crippen LogP contribution in [-0.2, 0) is 0 Å². The largest absolute Gasteiger partial charge is 0.493 e. The molecule has 2 heteroatoms. The predicted octanol–water partition coefficient (Wildman–Crippen LogP) is 3.44. The summed E-state index contributed by atoms with van der Waals surface area (Å²) in [4.78, 5) is 0. The quantitative estimate of drug-likeness (QED) is 0.826. The zero-order valence-corrected chi connectivity index (χ0v) is 10.8. The van der Waals surface area contributed by atoms with Crippen LogP contribution in [-0.4, -0.2) is 6.61 Å². The van der Waals surface area contributed by atoms with Gasteiger partial charge in [0.1, 0.15) is 5.75 Å². The Morgan fingerprint density at radius 2 is 2.00 bits per heavy atom. The number of rotatable bonds is 5. The van der Waals surface area contributed by atoms with Crippen LogP contribution in [0.3, 0.4) is 0 Å². The summed E-state index contributed by atoms with van der Waals surface area (Å²) < 4.78 is 5.78. The average molecular weight is 221 g/mol. The van der Waals surface area contributed by atoms with Crippen LogP contribution in [0.25, 0.3) is 0 Å². The molecule has 0 saturated heterocycles. The predicted molar refractivity (Wildman–Crippen MR) is 68.7 cm³/mol. The highest BCUT2D eigenvalue weighted by atomic mass is 16.5. The Kier molecular flexibility index (Phi) is 4.81. The minimum atomic E-state index is 0.0855. The number of nitrogens with two attached hydrogens (primary N) is 1. The third-order valence-corrected chi connectivity index (χ3v) is 2.95. The van der Waals surface area contributed by atoms with Gasteiger partial charge in [0.15, 0.2) is 0 Å². The van der Waals surface area contributed by atoms with E-state index in [1.165, 1.54) is 0 Å². The maximum atomic E-state index is 5.84. The lowest BCUT2D eigenvalue weighted by molar-refractivity contribution is 0.255. The highest BCUT2D eigenvalue weighted by Crippen LogP contribution is 2.22. The van der Waals surface area contributed by atoms with Gasteiger partial charge in [0.25, 0.3) is 0 Å². The highest BCUT2D eigenvalue weighted by Gasteiger charge is 2.05. The Hall–Kier alpha value is -1.02. The smallest absolute Gasteiger partial charge is 0.122 e. The molecule has 0 saturated carbocycles. The maximum absolute atomic E-state index is 5.84. The molecule has 0 radical (unpaired) electrons. The summed E-state index contributed by atoms with van der Waals surface area (Å²) in [5.41, 5.74) is 8.16. The van der Waals surface area contributed by atoms with Crippen LogP contribution in [0.4, 0.5) is 0 Å². The van der Waals surface area contributed by atoms with Crippen LogP contribution in [0, 0.1) is 12.8 Å². The molecule has 0 aromatic heterocycles. The SMILES string of the molecule is CCC(C)COc1ccc([C@H](C)N)cc1C. The topological polar surface area (TPSA) is 35.2 Å². The van der Waals surface area contributed by atoms with Gasteiger partial charge >= 0.3 is 0 Å². The van der Waals surface area contributed by atoms with Gasteiger partial charge in [-0.3, -0.25) is 0 Å². The van der Waals surface area contributed by atoms with Crippen LogP contribution in [0.5, 0.6) is 5.75 Å². The fourth-order valence-corrected chi connectivity index (χ4v) is 1.47. The van der Waals surface area contributed by atoms with Crippen molar-refractivity contribution in [3.8, 4) is 5.75 Å². The van der Waals surface area contributed by atoms with Crippen LogP contribution >= 0.6 is 0 Å². The van der Waals surface area contributed by atoms with Gasteiger partial charge in [-0.2, -0.15) is 0 Å². The first-order valence-corrected chi connectivity index (χ1v) is 6.03. The summed E-state index contributed by atoms with van der Waals surface area (Å²) in [5.74, 6) is 1.58. The second kappa shape index (κ2) is 5.90. The normalized spacial score (nSPS) is 14.6. The standard InChI is InChI=1S/C14H23NO/c1-5-10(2)9-16-14-7-6-13(12(4)15)8-11(14)3/h6-8,10,12H,5,9,15H2,1-4H3/t10?,12-/m0/s1. The molecule has 2 N–H and O–H groups in total.